The second-order valence-corrected chi connectivity index (χ2v) is 9.63. The van der Waals surface area contributed by atoms with Gasteiger partial charge in [-0.1, -0.05) is 30.5 Å². The molecule has 0 unspecified atom stereocenters. The van der Waals surface area contributed by atoms with Crippen LogP contribution in [0.25, 0.3) is 0 Å². The Labute approximate surface area is 162 Å². The lowest BCUT2D eigenvalue weighted by atomic mass is 9.84. The zero-order chi connectivity index (χ0) is 19.5. The molecule has 0 spiro atoms. The van der Waals surface area contributed by atoms with Crippen LogP contribution < -0.4 is 5.73 Å². The summed E-state index contributed by atoms with van der Waals surface area (Å²) in [5.41, 5.74) is 6.00. The first kappa shape index (κ1) is 20.3. The van der Waals surface area contributed by atoms with Crippen molar-refractivity contribution in [2.24, 2.45) is 17.1 Å². The SMILES string of the molecule is Cc1ccc(S(=O)(=O)OC(=O)C2(CN3CCC(CN)CC3)CCCC2)cc1. The van der Waals surface area contributed by atoms with Gasteiger partial charge in [-0.05, 0) is 70.3 Å². The van der Waals surface area contributed by atoms with Gasteiger partial charge in [0, 0.05) is 6.54 Å². The zero-order valence-electron chi connectivity index (χ0n) is 16.0. The highest BCUT2D eigenvalue weighted by Gasteiger charge is 2.46. The number of aryl methyl sites for hydroxylation is 1. The fourth-order valence-electron chi connectivity index (χ4n) is 4.23. The van der Waals surface area contributed by atoms with Crippen molar-refractivity contribution in [1.82, 2.24) is 4.90 Å². The van der Waals surface area contributed by atoms with Crippen LogP contribution in [0.1, 0.15) is 44.1 Å². The van der Waals surface area contributed by atoms with Crippen LogP contribution in [-0.2, 0) is 19.1 Å². The van der Waals surface area contributed by atoms with E-state index in [-0.39, 0.29) is 4.90 Å². The molecule has 27 heavy (non-hydrogen) atoms. The molecule has 6 nitrogen and oxygen atoms in total. The van der Waals surface area contributed by atoms with Crippen molar-refractivity contribution in [3.05, 3.63) is 29.8 Å². The molecule has 2 N–H and O–H groups in total. The minimum absolute atomic E-state index is 0.0263. The molecule has 1 saturated heterocycles. The molecular formula is C20H30N2O4S. The van der Waals surface area contributed by atoms with Gasteiger partial charge in [0.2, 0.25) is 0 Å². The molecule has 1 aromatic rings. The summed E-state index contributed by atoms with van der Waals surface area (Å²) in [6.45, 7) is 4.97. The third-order valence-electron chi connectivity index (χ3n) is 6.06. The first-order valence-corrected chi connectivity index (χ1v) is 11.2. The predicted octanol–water partition coefficient (Wildman–Crippen LogP) is 2.46. The molecule has 1 aromatic carbocycles. The van der Waals surface area contributed by atoms with Gasteiger partial charge in [0.25, 0.3) is 0 Å². The van der Waals surface area contributed by atoms with Gasteiger partial charge in [-0.2, -0.15) is 8.42 Å². The summed E-state index contributed by atoms with van der Waals surface area (Å²) in [5, 5.41) is 0. The van der Waals surface area contributed by atoms with Crippen LogP contribution in [-0.4, -0.2) is 45.5 Å². The normalized spacial score (nSPS) is 21.3. The van der Waals surface area contributed by atoms with E-state index in [9.17, 15) is 13.2 Å². The molecule has 7 heteroatoms. The van der Waals surface area contributed by atoms with Crippen LogP contribution in [0.3, 0.4) is 0 Å². The van der Waals surface area contributed by atoms with Gasteiger partial charge in [0.1, 0.15) is 4.90 Å². The second kappa shape index (κ2) is 8.29. The van der Waals surface area contributed by atoms with Crippen molar-refractivity contribution in [3.8, 4) is 0 Å². The van der Waals surface area contributed by atoms with Gasteiger partial charge in [-0.25, -0.2) is 0 Å². The van der Waals surface area contributed by atoms with Gasteiger partial charge in [0.05, 0.1) is 5.41 Å². The lowest BCUT2D eigenvalue weighted by Gasteiger charge is -2.37. The number of likely N-dealkylation sites (tertiary alicyclic amines) is 1. The summed E-state index contributed by atoms with van der Waals surface area (Å²) in [6, 6.07) is 6.37. The molecular weight excluding hydrogens is 364 g/mol. The average molecular weight is 395 g/mol. The molecule has 0 radical (unpaired) electrons. The highest BCUT2D eigenvalue weighted by Crippen LogP contribution is 2.41. The van der Waals surface area contributed by atoms with Crippen LogP contribution in [0.15, 0.2) is 29.2 Å². The molecule has 0 amide bonds. The summed E-state index contributed by atoms with van der Waals surface area (Å²) in [5.74, 6) is -0.0452. The lowest BCUT2D eigenvalue weighted by Crippen LogP contribution is -2.46. The van der Waals surface area contributed by atoms with Crippen molar-refractivity contribution in [1.29, 1.82) is 0 Å². The standard InChI is InChI=1S/C20H30N2O4S/c1-16-4-6-18(7-5-16)27(24,25)26-19(23)20(10-2-3-11-20)15-22-12-8-17(14-21)9-13-22/h4-7,17H,2-3,8-15,21H2,1H3. The Morgan fingerprint density at radius 1 is 1.19 bits per heavy atom. The van der Waals surface area contributed by atoms with Gasteiger partial charge in [0.15, 0.2) is 0 Å². The molecule has 1 saturated carbocycles. The highest BCUT2D eigenvalue weighted by molar-refractivity contribution is 7.87. The van der Waals surface area contributed by atoms with Crippen molar-refractivity contribution in [2.75, 3.05) is 26.2 Å². The Morgan fingerprint density at radius 2 is 1.78 bits per heavy atom. The number of hydrogen-bond donors (Lipinski definition) is 1. The van der Waals surface area contributed by atoms with E-state index in [1.54, 1.807) is 12.1 Å². The molecule has 0 atom stereocenters. The summed E-state index contributed by atoms with van der Waals surface area (Å²) in [4.78, 5) is 15.3. The minimum Gasteiger partial charge on any atom is -0.342 e. The maximum absolute atomic E-state index is 13.0. The van der Waals surface area contributed by atoms with Crippen LogP contribution in [0.4, 0.5) is 0 Å². The Hall–Kier alpha value is -1.44. The smallest absolute Gasteiger partial charge is 0.341 e. The Morgan fingerprint density at radius 3 is 2.33 bits per heavy atom. The zero-order valence-corrected chi connectivity index (χ0v) is 16.8. The monoisotopic (exact) mass is 394 g/mol. The van der Waals surface area contributed by atoms with Crippen molar-refractivity contribution >= 4 is 16.1 Å². The number of rotatable bonds is 6. The molecule has 150 valence electrons. The molecule has 2 fully saturated rings. The molecule has 1 aliphatic heterocycles. The van der Waals surface area contributed by atoms with Gasteiger partial charge in [-0.3, -0.25) is 4.79 Å². The van der Waals surface area contributed by atoms with E-state index in [1.807, 2.05) is 6.92 Å². The fourth-order valence-corrected chi connectivity index (χ4v) is 5.17. The van der Waals surface area contributed by atoms with E-state index in [0.29, 0.717) is 31.8 Å². The molecule has 2 aliphatic rings. The van der Waals surface area contributed by atoms with Crippen LogP contribution in [0.5, 0.6) is 0 Å². The van der Waals surface area contributed by atoms with E-state index in [1.165, 1.54) is 12.1 Å². The predicted molar refractivity (Wildman–Crippen MR) is 104 cm³/mol. The van der Waals surface area contributed by atoms with Crippen molar-refractivity contribution in [2.45, 2.75) is 50.3 Å². The van der Waals surface area contributed by atoms with E-state index >= 15 is 0 Å². The summed E-state index contributed by atoms with van der Waals surface area (Å²) < 4.78 is 30.2. The number of hydrogen-bond acceptors (Lipinski definition) is 6. The molecule has 3 rings (SSSR count). The number of benzene rings is 1. The molecule has 1 heterocycles. The lowest BCUT2D eigenvalue weighted by molar-refractivity contribution is -0.146. The van der Waals surface area contributed by atoms with Crippen LogP contribution in [0, 0.1) is 18.3 Å². The molecule has 0 aromatic heterocycles. The largest absolute Gasteiger partial charge is 0.342 e. The third-order valence-corrected chi connectivity index (χ3v) is 7.28. The number of carbonyl (C=O) groups is 1. The first-order valence-electron chi connectivity index (χ1n) is 9.83. The van der Waals surface area contributed by atoms with E-state index in [2.05, 4.69) is 4.90 Å². The van der Waals surface area contributed by atoms with Crippen LogP contribution >= 0.6 is 0 Å². The first-order chi connectivity index (χ1) is 12.8. The number of nitrogens with zero attached hydrogens (tertiary/aromatic N) is 1. The Balaban J connectivity index is 1.70. The molecule has 1 aliphatic carbocycles. The minimum atomic E-state index is -4.09. The maximum atomic E-state index is 13.0. The van der Waals surface area contributed by atoms with Gasteiger partial charge < -0.3 is 14.8 Å². The second-order valence-electron chi connectivity index (χ2n) is 8.08. The number of nitrogens with two attached hydrogens (primary N) is 1. The summed E-state index contributed by atoms with van der Waals surface area (Å²) in [6.07, 6.45) is 5.29. The topological polar surface area (TPSA) is 89.7 Å². The molecule has 0 bridgehead atoms. The summed E-state index contributed by atoms with van der Waals surface area (Å²) >= 11 is 0. The van der Waals surface area contributed by atoms with Crippen molar-refractivity contribution in [3.63, 3.8) is 0 Å². The fraction of sp³-hybridized carbons (Fsp3) is 0.650. The van der Waals surface area contributed by atoms with Crippen molar-refractivity contribution < 1.29 is 17.4 Å². The maximum Gasteiger partial charge on any atom is 0.341 e. The summed E-state index contributed by atoms with van der Waals surface area (Å²) in [7, 11) is -4.09. The quantitative estimate of drug-likeness (QED) is 0.746. The van der Waals surface area contributed by atoms with E-state index < -0.39 is 21.5 Å². The van der Waals surface area contributed by atoms with Gasteiger partial charge >= 0.3 is 16.1 Å². The third kappa shape index (κ3) is 4.70. The van der Waals surface area contributed by atoms with E-state index in [4.69, 9.17) is 9.92 Å². The average Bonchev–Trinajstić information content (AvgIpc) is 3.12. The Kier molecular flexibility index (Phi) is 6.23. The van der Waals surface area contributed by atoms with Crippen LogP contribution in [0.2, 0.25) is 0 Å². The number of carbonyl (C=O) groups excluding carboxylic acids is 1. The Bertz CT molecular complexity index is 747. The highest BCUT2D eigenvalue weighted by atomic mass is 32.2. The number of piperidine rings is 1. The van der Waals surface area contributed by atoms with E-state index in [0.717, 1.165) is 44.3 Å². The van der Waals surface area contributed by atoms with Gasteiger partial charge in [-0.15, -0.1) is 0 Å².